The number of rotatable bonds is 11. The molecule has 0 amide bonds. The molecule has 0 unspecified atom stereocenters. The summed E-state index contributed by atoms with van der Waals surface area (Å²) in [7, 11) is -0.591. The van der Waals surface area contributed by atoms with Crippen molar-refractivity contribution in [2.75, 3.05) is 31.4 Å². The third kappa shape index (κ3) is 5.71. The Morgan fingerprint density at radius 3 is 2.10 bits per heavy atom. The van der Waals surface area contributed by atoms with Gasteiger partial charge < -0.3 is 20.1 Å². The Morgan fingerprint density at radius 1 is 0.857 bits per heavy atom. The van der Waals surface area contributed by atoms with Crippen molar-refractivity contribution in [1.29, 1.82) is 0 Å². The second-order valence-corrected chi connectivity index (χ2v) is 13.1. The Morgan fingerprint density at radius 2 is 1.50 bits per heavy atom. The van der Waals surface area contributed by atoms with Gasteiger partial charge in [-0.15, -0.1) is 0 Å². The van der Waals surface area contributed by atoms with E-state index in [-0.39, 0.29) is 22.9 Å². The minimum Gasteiger partial charge on any atom is -0.495 e. The fraction of sp³-hybridized carbons (Fsp3) is 0.387. The Kier molecular flexibility index (Phi) is 7.63. The van der Waals surface area contributed by atoms with Crippen molar-refractivity contribution in [3.63, 3.8) is 0 Å². The number of aromatic nitrogens is 3. The van der Waals surface area contributed by atoms with Gasteiger partial charge >= 0.3 is 0 Å². The summed E-state index contributed by atoms with van der Waals surface area (Å²) in [6.07, 6.45) is 11.5. The number of hydrogen-bond acceptors (Lipinski definition) is 9. The number of nitrogens with one attached hydrogen (secondary N) is 3. The smallest absolute Gasteiger partial charge is 0.241 e. The van der Waals surface area contributed by atoms with E-state index in [1.165, 1.54) is 0 Å². The van der Waals surface area contributed by atoms with E-state index in [1.54, 1.807) is 39.0 Å². The number of anilines is 2. The van der Waals surface area contributed by atoms with Gasteiger partial charge in [-0.3, -0.25) is 15.0 Å². The number of sulfonamides is 1. The maximum absolute atomic E-state index is 13.8. The van der Waals surface area contributed by atoms with Crippen LogP contribution in [-0.2, 0) is 10.0 Å². The van der Waals surface area contributed by atoms with E-state index >= 15 is 0 Å². The summed E-state index contributed by atoms with van der Waals surface area (Å²) in [4.78, 5) is 13.7. The molecule has 0 aliphatic heterocycles. The molecule has 3 aromatic heterocycles. The molecule has 2 aliphatic rings. The van der Waals surface area contributed by atoms with Gasteiger partial charge in [-0.25, -0.2) is 13.1 Å². The van der Waals surface area contributed by atoms with Crippen molar-refractivity contribution in [1.82, 2.24) is 19.7 Å². The van der Waals surface area contributed by atoms with E-state index in [9.17, 15) is 8.42 Å². The number of benzene rings is 1. The highest BCUT2D eigenvalue weighted by molar-refractivity contribution is 7.89. The lowest BCUT2D eigenvalue weighted by Gasteiger charge is -2.20. The van der Waals surface area contributed by atoms with Gasteiger partial charge in [-0.2, -0.15) is 0 Å². The molecule has 42 heavy (non-hydrogen) atoms. The van der Waals surface area contributed by atoms with Crippen LogP contribution in [0.15, 0.2) is 60.1 Å². The first-order valence-corrected chi connectivity index (χ1v) is 15.7. The highest BCUT2D eigenvalue weighted by Crippen LogP contribution is 2.48. The van der Waals surface area contributed by atoms with E-state index in [0.29, 0.717) is 35.8 Å². The lowest BCUT2D eigenvalue weighted by atomic mass is 9.98. The first-order chi connectivity index (χ1) is 20.3. The monoisotopic (exact) mass is 588 g/mol. The molecule has 0 saturated heterocycles. The topological polar surface area (TPSA) is 127 Å². The zero-order valence-electron chi connectivity index (χ0n) is 24.2. The van der Waals surface area contributed by atoms with Crippen LogP contribution < -0.4 is 24.8 Å². The number of fused-ring (bicyclic) bond motifs is 3. The Bertz CT molecular complexity index is 1720. The predicted octanol–water partition coefficient (Wildman–Crippen LogP) is 5.56. The zero-order valence-corrected chi connectivity index (χ0v) is 25.0. The van der Waals surface area contributed by atoms with Gasteiger partial charge in [0, 0.05) is 47.3 Å². The third-order valence-corrected chi connectivity index (χ3v) is 9.28. The third-order valence-electron chi connectivity index (χ3n) is 7.82. The highest BCUT2D eigenvalue weighted by atomic mass is 32.2. The molecule has 3 N–H and O–H groups in total. The molecule has 10 nitrogen and oxygen atoms in total. The number of methoxy groups -OCH3 is 2. The minimum absolute atomic E-state index is 0.151. The van der Waals surface area contributed by atoms with Crippen molar-refractivity contribution < 1.29 is 17.9 Å². The summed E-state index contributed by atoms with van der Waals surface area (Å²) >= 11 is 0. The summed E-state index contributed by atoms with van der Waals surface area (Å²) in [5, 5.41) is 8.74. The molecule has 0 radical (unpaired) electrons. The molecular weight excluding hydrogens is 552 g/mol. The number of hydrogen-bond donors (Lipinski definition) is 3. The second kappa shape index (κ2) is 11.4. The van der Waals surface area contributed by atoms with Gasteiger partial charge in [-0.05, 0) is 48.4 Å². The van der Waals surface area contributed by atoms with Gasteiger partial charge in [0.15, 0.2) is 0 Å². The van der Waals surface area contributed by atoms with E-state index < -0.39 is 10.0 Å². The van der Waals surface area contributed by atoms with Crippen LogP contribution in [0.4, 0.5) is 11.4 Å². The minimum atomic E-state index is -3.80. The maximum Gasteiger partial charge on any atom is 0.241 e. The average Bonchev–Trinajstić information content (AvgIpc) is 3.79. The lowest BCUT2D eigenvalue weighted by Crippen LogP contribution is -2.28. The number of pyridine rings is 3. The quantitative estimate of drug-likeness (QED) is 0.206. The summed E-state index contributed by atoms with van der Waals surface area (Å²) in [6.45, 7) is 4.33. The van der Waals surface area contributed by atoms with E-state index in [4.69, 9.17) is 14.5 Å². The van der Waals surface area contributed by atoms with Gasteiger partial charge in [0.2, 0.25) is 10.0 Å². The second-order valence-electron chi connectivity index (χ2n) is 11.4. The van der Waals surface area contributed by atoms with Crippen LogP contribution in [0.5, 0.6) is 11.5 Å². The lowest BCUT2D eigenvalue weighted by molar-refractivity contribution is 0.413. The summed E-state index contributed by atoms with van der Waals surface area (Å²) in [6, 6.07) is 7.24. The van der Waals surface area contributed by atoms with Crippen LogP contribution in [0, 0.1) is 5.92 Å². The van der Waals surface area contributed by atoms with Crippen LogP contribution >= 0.6 is 0 Å². The van der Waals surface area contributed by atoms with Crippen LogP contribution in [0.25, 0.3) is 10.8 Å². The first-order valence-electron chi connectivity index (χ1n) is 14.2. The van der Waals surface area contributed by atoms with Gasteiger partial charge in [0.25, 0.3) is 0 Å². The van der Waals surface area contributed by atoms with E-state index in [1.807, 2.05) is 44.3 Å². The normalized spacial score (nSPS) is 18.2. The van der Waals surface area contributed by atoms with Crippen LogP contribution in [-0.4, -0.2) is 44.1 Å². The van der Waals surface area contributed by atoms with Crippen molar-refractivity contribution >= 4 is 32.2 Å². The predicted molar refractivity (Wildman–Crippen MR) is 163 cm³/mol. The molecule has 2 atom stereocenters. The van der Waals surface area contributed by atoms with Gasteiger partial charge in [-0.1, -0.05) is 13.8 Å². The molecule has 1 saturated carbocycles. The maximum atomic E-state index is 13.8. The fourth-order valence-electron chi connectivity index (χ4n) is 5.57. The highest BCUT2D eigenvalue weighted by Gasteiger charge is 2.36. The molecule has 3 heterocycles. The molecule has 6 rings (SSSR count). The van der Waals surface area contributed by atoms with Crippen molar-refractivity contribution in [2.45, 2.75) is 56.0 Å². The molecule has 4 aromatic rings. The molecule has 0 spiro atoms. The van der Waals surface area contributed by atoms with E-state index in [0.717, 1.165) is 46.4 Å². The summed E-state index contributed by atoms with van der Waals surface area (Å²) in [5.74, 6) is 1.83. The summed E-state index contributed by atoms with van der Waals surface area (Å²) in [5.41, 5.74) is 4.43. The Labute approximate surface area is 246 Å². The number of nitrogens with zero attached hydrogens (tertiary/aromatic N) is 3. The SMILES string of the molecule is COc1cncc(N[C@H]2C[C@@H](Nc3cncc(OC)c3)c3cc(S(=O)(=O)NCC(C)C)c4cc(C5CC5)ncc4c32)c1. The fourth-order valence-corrected chi connectivity index (χ4v) is 7.02. The molecular formula is C31H36N6O4S. The van der Waals surface area contributed by atoms with Crippen LogP contribution in [0.1, 0.15) is 67.9 Å². The van der Waals surface area contributed by atoms with Crippen molar-refractivity contribution in [2.24, 2.45) is 5.92 Å². The van der Waals surface area contributed by atoms with Crippen LogP contribution in [0.2, 0.25) is 0 Å². The number of ether oxygens (including phenoxy) is 2. The molecule has 220 valence electrons. The van der Waals surface area contributed by atoms with Crippen molar-refractivity contribution in [3.8, 4) is 11.5 Å². The molecule has 1 aromatic carbocycles. The molecule has 0 bridgehead atoms. The summed E-state index contributed by atoms with van der Waals surface area (Å²) < 4.78 is 41.3. The molecule has 2 aliphatic carbocycles. The Balaban J connectivity index is 1.51. The van der Waals surface area contributed by atoms with Crippen LogP contribution in [0.3, 0.4) is 0 Å². The van der Waals surface area contributed by atoms with E-state index in [2.05, 4.69) is 25.3 Å². The van der Waals surface area contributed by atoms with Gasteiger partial charge in [0.05, 0.1) is 67.4 Å². The zero-order chi connectivity index (χ0) is 29.4. The average molecular weight is 589 g/mol. The van der Waals surface area contributed by atoms with Gasteiger partial charge in [0.1, 0.15) is 11.5 Å². The Hall–Kier alpha value is -3.96. The molecule has 11 heteroatoms. The standard InChI is InChI=1S/C31H36N6O4S/c1-18(2)12-35-42(38,39)30-10-25-28(36-20-7-22(40-3)15-32-13-20)11-29(37-21-8-23(41-4)16-33-14-21)31(25)26-17-34-27(9-24(26)30)19-5-6-19/h7-10,13-19,28-29,35-37H,5-6,11-12H2,1-4H3/t28-,29+/m1/s1. The first kappa shape index (κ1) is 28.2. The van der Waals surface area contributed by atoms with Crippen molar-refractivity contribution in [3.05, 3.63) is 72.1 Å². The molecule has 1 fully saturated rings. The largest absolute Gasteiger partial charge is 0.495 e.